The van der Waals surface area contributed by atoms with Gasteiger partial charge >= 0.3 is 0 Å². The minimum atomic E-state index is 0.152. The lowest BCUT2D eigenvalue weighted by atomic mass is 10.2. The number of aliphatic hydroxyl groups excluding tert-OH is 1. The molecule has 1 aromatic heterocycles. The van der Waals surface area contributed by atoms with Crippen LogP contribution >= 0.6 is 0 Å². The standard InChI is InChI=1S/C10H15NO2/c1-2-5-13-10-6-9(3-4-12)7-11-8-10/h6-8,12H,2-5H2,1H3. The smallest absolute Gasteiger partial charge is 0.137 e. The summed E-state index contributed by atoms with van der Waals surface area (Å²) in [7, 11) is 0. The zero-order chi connectivity index (χ0) is 9.52. The van der Waals surface area contributed by atoms with E-state index in [1.165, 1.54) is 0 Å². The summed E-state index contributed by atoms with van der Waals surface area (Å²) in [5.74, 6) is 0.785. The Labute approximate surface area is 78.4 Å². The normalized spacial score (nSPS) is 10.0. The first kappa shape index (κ1) is 9.99. The van der Waals surface area contributed by atoms with E-state index in [0.717, 1.165) is 17.7 Å². The van der Waals surface area contributed by atoms with Gasteiger partial charge in [0.2, 0.25) is 0 Å². The van der Waals surface area contributed by atoms with E-state index in [-0.39, 0.29) is 6.61 Å². The molecule has 13 heavy (non-hydrogen) atoms. The monoisotopic (exact) mass is 181 g/mol. The molecule has 0 amide bonds. The third kappa shape index (κ3) is 3.42. The molecule has 1 N–H and O–H groups in total. The lowest BCUT2D eigenvalue weighted by molar-refractivity contribution is 0.298. The quantitative estimate of drug-likeness (QED) is 0.746. The molecule has 0 aromatic carbocycles. The Morgan fingerprint density at radius 3 is 3.00 bits per heavy atom. The second-order valence-electron chi connectivity index (χ2n) is 2.85. The van der Waals surface area contributed by atoms with Crippen LogP contribution in [0.1, 0.15) is 18.9 Å². The summed E-state index contributed by atoms with van der Waals surface area (Å²) in [4.78, 5) is 4.02. The van der Waals surface area contributed by atoms with Crippen molar-refractivity contribution in [1.29, 1.82) is 0 Å². The Morgan fingerprint density at radius 1 is 1.46 bits per heavy atom. The van der Waals surface area contributed by atoms with E-state index < -0.39 is 0 Å². The van der Waals surface area contributed by atoms with E-state index in [9.17, 15) is 0 Å². The van der Waals surface area contributed by atoms with Crippen LogP contribution in [0.2, 0.25) is 0 Å². The first-order chi connectivity index (χ1) is 6.36. The van der Waals surface area contributed by atoms with Crippen molar-refractivity contribution in [2.75, 3.05) is 13.2 Å². The molecule has 0 aliphatic rings. The Bertz CT molecular complexity index is 250. The molecule has 0 spiro atoms. The molecular formula is C10H15NO2. The Hall–Kier alpha value is -1.09. The molecule has 1 aromatic rings. The van der Waals surface area contributed by atoms with E-state index in [1.807, 2.05) is 6.07 Å². The predicted octanol–water partition coefficient (Wildman–Crippen LogP) is 1.41. The molecule has 0 fully saturated rings. The number of hydrogen-bond acceptors (Lipinski definition) is 3. The molecule has 72 valence electrons. The lowest BCUT2D eigenvalue weighted by Gasteiger charge is -2.04. The Balaban J connectivity index is 2.56. The van der Waals surface area contributed by atoms with Gasteiger partial charge in [0.25, 0.3) is 0 Å². The zero-order valence-corrected chi connectivity index (χ0v) is 7.86. The number of ether oxygens (including phenoxy) is 1. The average molecular weight is 181 g/mol. The summed E-state index contributed by atoms with van der Waals surface area (Å²) < 4.78 is 5.40. The largest absolute Gasteiger partial charge is 0.492 e. The molecule has 0 aliphatic carbocycles. The predicted molar refractivity (Wildman–Crippen MR) is 50.8 cm³/mol. The molecule has 0 atom stereocenters. The molecule has 1 heterocycles. The maximum absolute atomic E-state index is 8.72. The number of rotatable bonds is 5. The van der Waals surface area contributed by atoms with Gasteiger partial charge < -0.3 is 9.84 Å². The van der Waals surface area contributed by atoms with Crippen LogP contribution < -0.4 is 4.74 Å². The van der Waals surface area contributed by atoms with Crippen molar-refractivity contribution in [3.63, 3.8) is 0 Å². The second kappa shape index (κ2) is 5.54. The second-order valence-corrected chi connectivity index (χ2v) is 2.85. The van der Waals surface area contributed by atoms with Gasteiger partial charge in [0.15, 0.2) is 0 Å². The molecule has 1 rings (SSSR count). The van der Waals surface area contributed by atoms with Crippen molar-refractivity contribution >= 4 is 0 Å². The average Bonchev–Trinajstić information content (AvgIpc) is 2.16. The van der Waals surface area contributed by atoms with Gasteiger partial charge in [-0.2, -0.15) is 0 Å². The fourth-order valence-corrected chi connectivity index (χ4v) is 1.03. The first-order valence-corrected chi connectivity index (χ1v) is 4.54. The maximum Gasteiger partial charge on any atom is 0.137 e. The Kier molecular flexibility index (Phi) is 4.26. The fourth-order valence-electron chi connectivity index (χ4n) is 1.03. The molecular weight excluding hydrogens is 166 g/mol. The van der Waals surface area contributed by atoms with Crippen LogP contribution in [0.3, 0.4) is 0 Å². The van der Waals surface area contributed by atoms with Crippen LogP contribution in [0.15, 0.2) is 18.5 Å². The van der Waals surface area contributed by atoms with Crippen molar-refractivity contribution < 1.29 is 9.84 Å². The summed E-state index contributed by atoms with van der Waals surface area (Å²) in [6.45, 7) is 2.92. The Morgan fingerprint density at radius 2 is 2.31 bits per heavy atom. The van der Waals surface area contributed by atoms with Crippen LogP contribution in [0.25, 0.3) is 0 Å². The highest BCUT2D eigenvalue weighted by Gasteiger charge is 1.96. The van der Waals surface area contributed by atoms with Crippen LogP contribution in [-0.4, -0.2) is 23.3 Å². The van der Waals surface area contributed by atoms with Crippen molar-refractivity contribution in [1.82, 2.24) is 4.98 Å². The van der Waals surface area contributed by atoms with E-state index in [1.54, 1.807) is 12.4 Å². The van der Waals surface area contributed by atoms with Crippen molar-refractivity contribution in [3.8, 4) is 5.75 Å². The fraction of sp³-hybridized carbons (Fsp3) is 0.500. The van der Waals surface area contributed by atoms with Crippen molar-refractivity contribution in [2.24, 2.45) is 0 Å². The molecule has 0 radical (unpaired) electrons. The highest BCUT2D eigenvalue weighted by atomic mass is 16.5. The van der Waals surface area contributed by atoms with Gasteiger partial charge in [-0.1, -0.05) is 6.92 Å². The third-order valence-corrected chi connectivity index (χ3v) is 1.64. The van der Waals surface area contributed by atoms with Crippen LogP contribution in [0.4, 0.5) is 0 Å². The van der Waals surface area contributed by atoms with Gasteiger partial charge in [-0.3, -0.25) is 4.98 Å². The van der Waals surface area contributed by atoms with E-state index in [0.29, 0.717) is 13.0 Å². The number of aliphatic hydroxyl groups is 1. The minimum absolute atomic E-state index is 0.152. The van der Waals surface area contributed by atoms with E-state index in [2.05, 4.69) is 11.9 Å². The summed E-state index contributed by atoms with van der Waals surface area (Å²) >= 11 is 0. The van der Waals surface area contributed by atoms with Crippen LogP contribution in [0, 0.1) is 0 Å². The first-order valence-electron chi connectivity index (χ1n) is 4.54. The molecule has 0 unspecified atom stereocenters. The van der Waals surface area contributed by atoms with Crippen LogP contribution in [0.5, 0.6) is 5.75 Å². The van der Waals surface area contributed by atoms with Crippen molar-refractivity contribution in [3.05, 3.63) is 24.0 Å². The molecule has 0 saturated carbocycles. The molecule has 0 saturated heterocycles. The topological polar surface area (TPSA) is 42.4 Å². The molecule has 3 heteroatoms. The third-order valence-electron chi connectivity index (χ3n) is 1.64. The van der Waals surface area contributed by atoms with Gasteiger partial charge in [-0.15, -0.1) is 0 Å². The highest BCUT2D eigenvalue weighted by Crippen LogP contribution is 2.11. The number of nitrogens with zero attached hydrogens (tertiary/aromatic N) is 1. The van der Waals surface area contributed by atoms with Crippen molar-refractivity contribution in [2.45, 2.75) is 19.8 Å². The number of hydrogen-bond donors (Lipinski definition) is 1. The summed E-state index contributed by atoms with van der Waals surface area (Å²) in [5, 5.41) is 8.72. The van der Waals surface area contributed by atoms with E-state index >= 15 is 0 Å². The van der Waals surface area contributed by atoms with Crippen LogP contribution in [-0.2, 0) is 6.42 Å². The molecule has 0 bridgehead atoms. The number of aromatic nitrogens is 1. The van der Waals surface area contributed by atoms with E-state index in [4.69, 9.17) is 9.84 Å². The highest BCUT2D eigenvalue weighted by molar-refractivity contribution is 5.23. The van der Waals surface area contributed by atoms with Gasteiger partial charge in [0, 0.05) is 12.8 Å². The summed E-state index contributed by atoms with van der Waals surface area (Å²) in [6, 6.07) is 1.92. The maximum atomic E-state index is 8.72. The summed E-state index contributed by atoms with van der Waals surface area (Å²) in [6.07, 6.45) is 5.06. The molecule has 0 aliphatic heterocycles. The number of pyridine rings is 1. The zero-order valence-electron chi connectivity index (χ0n) is 7.86. The van der Waals surface area contributed by atoms with Gasteiger partial charge in [-0.25, -0.2) is 0 Å². The minimum Gasteiger partial charge on any atom is -0.492 e. The lowest BCUT2D eigenvalue weighted by Crippen LogP contribution is -1.97. The molecule has 3 nitrogen and oxygen atoms in total. The van der Waals surface area contributed by atoms with Gasteiger partial charge in [0.05, 0.1) is 12.8 Å². The summed E-state index contributed by atoms with van der Waals surface area (Å²) in [5.41, 5.74) is 1.01. The SMILES string of the molecule is CCCOc1cncc(CCO)c1. The van der Waals surface area contributed by atoms with Gasteiger partial charge in [0.1, 0.15) is 5.75 Å². The van der Waals surface area contributed by atoms with Gasteiger partial charge in [-0.05, 0) is 24.5 Å².